The standard InChI is InChI=1S/C8H9F3N4O3/c1-14(2)4(16)3-15-6(8(9,10)11)5(7(17)18)12-13-15/h3H2,1-2H3,(H,17,18). The zero-order valence-electron chi connectivity index (χ0n) is 9.39. The second kappa shape index (κ2) is 4.63. The minimum atomic E-state index is -4.95. The molecule has 0 aromatic carbocycles. The highest BCUT2D eigenvalue weighted by Gasteiger charge is 2.41. The van der Waals surface area contributed by atoms with Crippen LogP contribution in [0.3, 0.4) is 0 Å². The van der Waals surface area contributed by atoms with Crippen molar-refractivity contribution in [3.8, 4) is 0 Å². The molecule has 0 saturated carbocycles. The van der Waals surface area contributed by atoms with E-state index in [0.29, 0.717) is 0 Å². The van der Waals surface area contributed by atoms with Gasteiger partial charge in [-0.3, -0.25) is 4.79 Å². The molecule has 0 aliphatic rings. The van der Waals surface area contributed by atoms with Crippen molar-refractivity contribution < 1.29 is 27.9 Å². The Bertz CT molecular complexity index is 480. The third-order valence-electron chi connectivity index (χ3n) is 1.99. The number of carboxylic acids is 1. The van der Waals surface area contributed by atoms with Gasteiger partial charge in [-0.15, -0.1) is 5.10 Å². The number of likely N-dealkylation sites (N-methyl/N-ethyl adjacent to an activating group) is 1. The van der Waals surface area contributed by atoms with E-state index in [0.717, 1.165) is 4.90 Å². The summed E-state index contributed by atoms with van der Waals surface area (Å²) in [7, 11) is 2.70. The molecular formula is C8H9F3N4O3. The van der Waals surface area contributed by atoms with Crippen molar-refractivity contribution in [2.75, 3.05) is 14.1 Å². The van der Waals surface area contributed by atoms with Crippen molar-refractivity contribution in [2.45, 2.75) is 12.7 Å². The Morgan fingerprint density at radius 2 is 1.94 bits per heavy atom. The lowest BCUT2D eigenvalue weighted by Gasteiger charge is -2.12. The summed E-state index contributed by atoms with van der Waals surface area (Å²) in [6, 6.07) is 0. The average molecular weight is 266 g/mol. The number of carbonyl (C=O) groups excluding carboxylic acids is 1. The van der Waals surface area contributed by atoms with Gasteiger partial charge in [-0.2, -0.15) is 13.2 Å². The molecule has 1 heterocycles. The molecule has 10 heteroatoms. The van der Waals surface area contributed by atoms with E-state index < -0.39 is 36.0 Å². The fraction of sp³-hybridized carbons (Fsp3) is 0.500. The average Bonchev–Trinajstić information content (AvgIpc) is 2.60. The number of aromatic carboxylic acids is 1. The predicted octanol–water partition coefficient (Wildman–Crippen LogP) is 0.0833. The number of aromatic nitrogens is 3. The first-order valence-electron chi connectivity index (χ1n) is 4.58. The van der Waals surface area contributed by atoms with Gasteiger partial charge in [0.2, 0.25) is 11.6 Å². The number of halogens is 3. The van der Waals surface area contributed by atoms with Crippen molar-refractivity contribution in [3.63, 3.8) is 0 Å². The monoisotopic (exact) mass is 266 g/mol. The number of nitrogens with zero attached hydrogens (tertiary/aromatic N) is 4. The van der Waals surface area contributed by atoms with Gasteiger partial charge in [0.1, 0.15) is 6.54 Å². The third-order valence-corrected chi connectivity index (χ3v) is 1.99. The summed E-state index contributed by atoms with van der Waals surface area (Å²) >= 11 is 0. The van der Waals surface area contributed by atoms with Crippen molar-refractivity contribution in [1.29, 1.82) is 0 Å². The highest BCUT2D eigenvalue weighted by Crippen LogP contribution is 2.31. The molecule has 7 nitrogen and oxygen atoms in total. The first kappa shape index (κ1) is 13.9. The van der Waals surface area contributed by atoms with E-state index in [4.69, 9.17) is 5.11 Å². The summed E-state index contributed by atoms with van der Waals surface area (Å²) in [4.78, 5) is 22.9. The number of alkyl halides is 3. The van der Waals surface area contributed by atoms with E-state index in [1.165, 1.54) is 14.1 Å². The van der Waals surface area contributed by atoms with Crippen LogP contribution in [0.4, 0.5) is 13.2 Å². The number of amides is 1. The van der Waals surface area contributed by atoms with Crippen molar-refractivity contribution >= 4 is 11.9 Å². The van der Waals surface area contributed by atoms with E-state index in [9.17, 15) is 22.8 Å². The lowest BCUT2D eigenvalue weighted by Crippen LogP contribution is -2.29. The number of carboxylic acid groups (broad SMARTS) is 1. The van der Waals surface area contributed by atoms with Crippen molar-refractivity contribution in [1.82, 2.24) is 19.9 Å². The smallest absolute Gasteiger partial charge is 0.435 e. The van der Waals surface area contributed by atoms with Gasteiger partial charge in [-0.1, -0.05) is 5.21 Å². The zero-order chi connectivity index (χ0) is 14.1. The van der Waals surface area contributed by atoms with Crippen LogP contribution in [0.2, 0.25) is 0 Å². The Morgan fingerprint density at radius 3 is 2.33 bits per heavy atom. The third kappa shape index (κ3) is 2.76. The number of hydrogen-bond donors (Lipinski definition) is 1. The highest BCUT2D eigenvalue weighted by molar-refractivity contribution is 5.86. The van der Waals surface area contributed by atoms with Gasteiger partial charge >= 0.3 is 12.1 Å². The summed E-state index contributed by atoms with van der Waals surface area (Å²) < 4.78 is 38.2. The lowest BCUT2D eigenvalue weighted by atomic mass is 10.3. The maximum Gasteiger partial charge on any atom is 0.435 e. The number of rotatable bonds is 3. The molecule has 0 aliphatic heterocycles. The van der Waals surface area contributed by atoms with Crippen LogP contribution in [0.25, 0.3) is 0 Å². The normalized spacial score (nSPS) is 11.4. The van der Waals surface area contributed by atoms with Gasteiger partial charge in [-0.25, -0.2) is 9.48 Å². The van der Waals surface area contributed by atoms with Crippen LogP contribution in [-0.2, 0) is 17.5 Å². The van der Waals surface area contributed by atoms with Crippen LogP contribution < -0.4 is 0 Å². The van der Waals surface area contributed by atoms with E-state index in [2.05, 4.69) is 10.3 Å². The Balaban J connectivity index is 3.22. The molecule has 100 valence electrons. The summed E-state index contributed by atoms with van der Waals surface area (Å²) in [5.41, 5.74) is -2.78. The Kier molecular flexibility index (Phi) is 3.58. The summed E-state index contributed by atoms with van der Waals surface area (Å²) in [5, 5.41) is 14.5. The summed E-state index contributed by atoms with van der Waals surface area (Å²) in [6.07, 6.45) is -4.95. The number of hydrogen-bond acceptors (Lipinski definition) is 4. The maximum atomic E-state index is 12.7. The number of carbonyl (C=O) groups is 2. The fourth-order valence-corrected chi connectivity index (χ4v) is 1.12. The second-order valence-corrected chi connectivity index (χ2v) is 3.54. The van der Waals surface area contributed by atoms with E-state index in [-0.39, 0.29) is 4.68 Å². The molecule has 1 aromatic rings. The van der Waals surface area contributed by atoms with Crippen molar-refractivity contribution in [3.05, 3.63) is 11.4 Å². The van der Waals surface area contributed by atoms with Gasteiger partial charge in [0.15, 0.2) is 5.69 Å². The van der Waals surface area contributed by atoms with Crippen LogP contribution in [-0.4, -0.2) is 51.0 Å². The first-order chi connectivity index (χ1) is 8.14. The van der Waals surface area contributed by atoms with Crippen LogP contribution in [0, 0.1) is 0 Å². The summed E-state index contributed by atoms with van der Waals surface area (Å²) in [6.45, 7) is -0.734. The van der Waals surface area contributed by atoms with Gasteiger partial charge in [0.25, 0.3) is 0 Å². The molecule has 1 amide bonds. The molecule has 0 aliphatic carbocycles. The largest absolute Gasteiger partial charge is 0.476 e. The molecule has 0 unspecified atom stereocenters. The molecule has 18 heavy (non-hydrogen) atoms. The molecule has 0 spiro atoms. The fourth-order valence-electron chi connectivity index (χ4n) is 1.12. The van der Waals surface area contributed by atoms with E-state index in [1.807, 2.05) is 0 Å². The SMILES string of the molecule is CN(C)C(=O)Cn1nnc(C(=O)O)c1C(F)(F)F. The Morgan fingerprint density at radius 1 is 1.39 bits per heavy atom. The van der Waals surface area contributed by atoms with E-state index >= 15 is 0 Å². The van der Waals surface area contributed by atoms with Gasteiger partial charge in [0, 0.05) is 14.1 Å². The minimum absolute atomic E-state index is 0.228. The topological polar surface area (TPSA) is 88.3 Å². The van der Waals surface area contributed by atoms with Crippen LogP contribution in [0.1, 0.15) is 16.2 Å². The summed E-state index contributed by atoms with van der Waals surface area (Å²) in [5.74, 6) is -2.52. The second-order valence-electron chi connectivity index (χ2n) is 3.54. The molecular weight excluding hydrogens is 257 g/mol. The first-order valence-corrected chi connectivity index (χ1v) is 4.58. The predicted molar refractivity (Wildman–Crippen MR) is 50.7 cm³/mol. The molecule has 1 rings (SSSR count). The lowest BCUT2D eigenvalue weighted by molar-refractivity contribution is -0.146. The van der Waals surface area contributed by atoms with Gasteiger partial charge in [-0.05, 0) is 0 Å². The maximum absolute atomic E-state index is 12.7. The molecule has 0 atom stereocenters. The molecule has 0 fully saturated rings. The van der Waals surface area contributed by atoms with Crippen LogP contribution in [0.15, 0.2) is 0 Å². The van der Waals surface area contributed by atoms with Crippen molar-refractivity contribution in [2.24, 2.45) is 0 Å². The molecule has 0 radical (unpaired) electrons. The quantitative estimate of drug-likeness (QED) is 0.837. The van der Waals surface area contributed by atoms with E-state index in [1.54, 1.807) is 0 Å². The highest BCUT2D eigenvalue weighted by atomic mass is 19.4. The molecule has 0 bridgehead atoms. The zero-order valence-corrected chi connectivity index (χ0v) is 9.39. The molecule has 1 aromatic heterocycles. The molecule has 0 saturated heterocycles. The Hall–Kier alpha value is -2.13. The van der Waals surface area contributed by atoms with Crippen LogP contribution >= 0.6 is 0 Å². The van der Waals surface area contributed by atoms with Crippen LogP contribution in [0.5, 0.6) is 0 Å². The van der Waals surface area contributed by atoms with Gasteiger partial charge in [0.05, 0.1) is 0 Å². The molecule has 1 N–H and O–H groups in total. The van der Waals surface area contributed by atoms with Gasteiger partial charge < -0.3 is 10.0 Å². The minimum Gasteiger partial charge on any atom is -0.476 e. The Labute approximate surface area is 98.8 Å².